The molecule has 122 valence electrons. The summed E-state index contributed by atoms with van der Waals surface area (Å²) in [7, 11) is 2.68. The lowest BCUT2D eigenvalue weighted by Gasteiger charge is -2.23. The van der Waals surface area contributed by atoms with E-state index in [4.69, 9.17) is 9.47 Å². The summed E-state index contributed by atoms with van der Waals surface area (Å²) in [4.78, 5) is 24.7. The fourth-order valence-corrected chi connectivity index (χ4v) is 3.26. The first-order valence-electron chi connectivity index (χ1n) is 7.88. The SMILES string of the molecule is CCc1c(CC)c(CC)c(C(=O)OC)c(C(=O)OC)c1CC. The number of carbonyl (C=O) groups is 2. The van der Waals surface area contributed by atoms with Crippen LogP contribution < -0.4 is 0 Å². The van der Waals surface area contributed by atoms with Gasteiger partial charge in [0.2, 0.25) is 0 Å². The van der Waals surface area contributed by atoms with Crippen LogP contribution in [-0.4, -0.2) is 26.2 Å². The van der Waals surface area contributed by atoms with Crippen LogP contribution in [0.3, 0.4) is 0 Å². The van der Waals surface area contributed by atoms with Crippen LogP contribution in [0, 0.1) is 0 Å². The molecule has 1 aromatic carbocycles. The average Bonchev–Trinajstić information content (AvgIpc) is 2.57. The normalized spacial score (nSPS) is 10.5. The minimum absolute atomic E-state index is 0.378. The van der Waals surface area contributed by atoms with Gasteiger partial charge in [0.05, 0.1) is 25.3 Å². The lowest BCUT2D eigenvalue weighted by Crippen LogP contribution is -2.21. The molecule has 0 fully saturated rings. The maximum Gasteiger partial charge on any atom is 0.339 e. The van der Waals surface area contributed by atoms with E-state index in [2.05, 4.69) is 13.8 Å². The third-order valence-electron chi connectivity index (χ3n) is 4.14. The van der Waals surface area contributed by atoms with Crippen molar-refractivity contribution in [1.29, 1.82) is 0 Å². The Kier molecular flexibility index (Phi) is 6.60. The molecular weight excluding hydrogens is 280 g/mol. The summed E-state index contributed by atoms with van der Waals surface area (Å²) in [6, 6.07) is 0. The molecule has 0 radical (unpaired) electrons. The molecule has 22 heavy (non-hydrogen) atoms. The van der Waals surface area contributed by atoms with Crippen molar-refractivity contribution in [3.05, 3.63) is 33.4 Å². The fraction of sp³-hybridized carbons (Fsp3) is 0.556. The number of carbonyl (C=O) groups excluding carboxylic acids is 2. The minimum Gasteiger partial charge on any atom is -0.465 e. The highest BCUT2D eigenvalue weighted by molar-refractivity contribution is 6.06. The molecule has 0 spiro atoms. The van der Waals surface area contributed by atoms with Crippen LogP contribution >= 0.6 is 0 Å². The highest BCUT2D eigenvalue weighted by Crippen LogP contribution is 2.31. The monoisotopic (exact) mass is 306 g/mol. The second-order valence-electron chi connectivity index (χ2n) is 5.06. The lowest BCUT2D eigenvalue weighted by molar-refractivity contribution is 0.0553. The van der Waals surface area contributed by atoms with Crippen molar-refractivity contribution in [1.82, 2.24) is 0 Å². The molecule has 4 nitrogen and oxygen atoms in total. The number of ether oxygens (including phenoxy) is 2. The highest BCUT2D eigenvalue weighted by atomic mass is 16.5. The minimum atomic E-state index is -0.468. The zero-order chi connectivity index (χ0) is 16.9. The molecule has 0 aliphatic rings. The molecule has 0 amide bonds. The van der Waals surface area contributed by atoms with Crippen molar-refractivity contribution in [2.24, 2.45) is 0 Å². The Bertz CT molecular complexity index is 522. The highest BCUT2D eigenvalue weighted by Gasteiger charge is 2.29. The van der Waals surface area contributed by atoms with Gasteiger partial charge in [0.25, 0.3) is 0 Å². The second-order valence-corrected chi connectivity index (χ2v) is 5.06. The summed E-state index contributed by atoms with van der Waals surface area (Å²) in [6.45, 7) is 8.14. The van der Waals surface area contributed by atoms with E-state index in [9.17, 15) is 9.59 Å². The number of rotatable bonds is 6. The van der Waals surface area contributed by atoms with Crippen molar-refractivity contribution < 1.29 is 19.1 Å². The number of methoxy groups -OCH3 is 2. The molecule has 0 atom stereocenters. The van der Waals surface area contributed by atoms with E-state index >= 15 is 0 Å². The average molecular weight is 306 g/mol. The molecule has 0 saturated heterocycles. The van der Waals surface area contributed by atoms with Crippen LogP contribution in [0.15, 0.2) is 0 Å². The van der Waals surface area contributed by atoms with E-state index in [-0.39, 0.29) is 0 Å². The van der Waals surface area contributed by atoms with Crippen LogP contribution in [0.5, 0.6) is 0 Å². The molecule has 4 heteroatoms. The fourth-order valence-electron chi connectivity index (χ4n) is 3.26. The number of hydrogen-bond acceptors (Lipinski definition) is 4. The summed E-state index contributed by atoms with van der Waals surface area (Å²) in [5.74, 6) is -0.936. The molecular formula is C18H26O4. The van der Waals surface area contributed by atoms with Crippen LogP contribution in [0.2, 0.25) is 0 Å². The number of hydrogen-bond donors (Lipinski definition) is 0. The van der Waals surface area contributed by atoms with Crippen molar-refractivity contribution in [2.75, 3.05) is 14.2 Å². The third kappa shape index (κ3) is 3.01. The molecule has 1 rings (SSSR count). The quantitative estimate of drug-likeness (QED) is 0.755. The van der Waals surface area contributed by atoms with Crippen LogP contribution in [0.25, 0.3) is 0 Å². The van der Waals surface area contributed by atoms with Gasteiger partial charge in [-0.15, -0.1) is 0 Å². The van der Waals surface area contributed by atoms with E-state index in [1.807, 2.05) is 13.8 Å². The zero-order valence-corrected chi connectivity index (χ0v) is 14.5. The van der Waals surface area contributed by atoms with E-state index in [0.717, 1.165) is 35.1 Å². The van der Waals surface area contributed by atoms with Gasteiger partial charge in [0.15, 0.2) is 0 Å². The maximum atomic E-state index is 12.3. The van der Waals surface area contributed by atoms with E-state index in [0.29, 0.717) is 24.0 Å². The van der Waals surface area contributed by atoms with Gasteiger partial charge in [-0.05, 0) is 47.9 Å². The van der Waals surface area contributed by atoms with E-state index in [1.54, 1.807) is 0 Å². The molecule has 0 heterocycles. The predicted octanol–water partition coefficient (Wildman–Crippen LogP) is 3.51. The first-order valence-corrected chi connectivity index (χ1v) is 7.88. The molecule has 0 aliphatic carbocycles. The zero-order valence-electron chi connectivity index (χ0n) is 14.5. The Morgan fingerprint density at radius 3 is 1.09 bits per heavy atom. The third-order valence-corrected chi connectivity index (χ3v) is 4.14. The first kappa shape index (κ1) is 18.2. The largest absolute Gasteiger partial charge is 0.465 e. The van der Waals surface area contributed by atoms with Gasteiger partial charge in [-0.3, -0.25) is 0 Å². The second kappa shape index (κ2) is 7.97. The molecule has 0 aromatic heterocycles. The van der Waals surface area contributed by atoms with Gasteiger partial charge in [-0.1, -0.05) is 27.7 Å². The molecule has 0 aliphatic heterocycles. The Morgan fingerprint density at radius 2 is 0.909 bits per heavy atom. The van der Waals surface area contributed by atoms with Crippen molar-refractivity contribution in [2.45, 2.75) is 53.4 Å². The van der Waals surface area contributed by atoms with Crippen molar-refractivity contribution >= 4 is 11.9 Å². The number of esters is 2. The van der Waals surface area contributed by atoms with E-state index in [1.165, 1.54) is 14.2 Å². The lowest BCUT2D eigenvalue weighted by atomic mass is 9.82. The molecule has 0 bridgehead atoms. The van der Waals surface area contributed by atoms with Crippen molar-refractivity contribution in [3.63, 3.8) is 0 Å². The smallest absolute Gasteiger partial charge is 0.339 e. The summed E-state index contributed by atoms with van der Waals surface area (Å²) in [6.07, 6.45) is 3.00. The van der Waals surface area contributed by atoms with Gasteiger partial charge in [-0.25, -0.2) is 9.59 Å². The van der Waals surface area contributed by atoms with Crippen LogP contribution in [0.4, 0.5) is 0 Å². The van der Waals surface area contributed by atoms with Crippen LogP contribution in [-0.2, 0) is 35.2 Å². The van der Waals surface area contributed by atoms with Crippen molar-refractivity contribution in [3.8, 4) is 0 Å². The Hall–Kier alpha value is -1.84. The molecule has 0 unspecified atom stereocenters. The Labute approximate surface area is 132 Å². The standard InChI is InChI=1S/C18H26O4/c1-7-11-12(8-2)14(10-4)16(18(20)22-6)15(13(11)9-3)17(19)21-5/h7-10H2,1-6H3. The Morgan fingerprint density at radius 1 is 0.636 bits per heavy atom. The predicted molar refractivity (Wildman–Crippen MR) is 86.6 cm³/mol. The van der Waals surface area contributed by atoms with Gasteiger partial charge in [-0.2, -0.15) is 0 Å². The summed E-state index contributed by atoms with van der Waals surface area (Å²) in [5, 5.41) is 0. The molecule has 0 N–H and O–H groups in total. The van der Waals surface area contributed by atoms with Gasteiger partial charge in [0, 0.05) is 0 Å². The van der Waals surface area contributed by atoms with Gasteiger partial charge < -0.3 is 9.47 Å². The Balaban J connectivity index is 3.99. The van der Waals surface area contributed by atoms with E-state index < -0.39 is 11.9 Å². The summed E-state index contributed by atoms with van der Waals surface area (Å²) < 4.78 is 9.88. The maximum absolute atomic E-state index is 12.3. The van der Waals surface area contributed by atoms with Crippen LogP contribution in [0.1, 0.15) is 70.7 Å². The summed E-state index contributed by atoms with van der Waals surface area (Å²) in [5.41, 5.74) is 4.89. The first-order chi connectivity index (χ1) is 10.5. The number of benzene rings is 1. The van der Waals surface area contributed by atoms with Gasteiger partial charge in [0.1, 0.15) is 0 Å². The molecule has 0 saturated carbocycles. The summed E-state index contributed by atoms with van der Waals surface area (Å²) >= 11 is 0. The molecule has 1 aromatic rings. The van der Waals surface area contributed by atoms with Gasteiger partial charge >= 0.3 is 11.9 Å². The topological polar surface area (TPSA) is 52.6 Å².